The molecular formula is C13H13FN4O. The molecule has 0 amide bonds. The molecule has 0 aliphatic heterocycles. The first kappa shape index (κ1) is 11.7. The van der Waals surface area contributed by atoms with Gasteiger partial charge in [0.2, 0.25) is 0 Å². The van der Waals surface area contributed by atoms with Crippen LogP contribution in [0.25, 0.3) is 10.9 Å². The van der Waals surface area contributed by atoms with E-state index in [-0.39, 0.29) is 18.2 Å². The van der Waals surface area contributed by atoms with E-state index in [4.69, 9.17) is 4.74 Å². The molecule has 0 atom stereocenters. The van der Waals surface area contributed by atoms with Crippen molar-refractivity contribution in [3.8, 4) is 5.75 Å². The summed E-state index contributed by atoms with van der Waals surface area (Å²) < 4.78 is 21.3. The highest BCUT2D eigenvalue weighted by Gasteiger charge is 2.11. The molecule has 0 bridgehead atoms. The summed E-state index contributed by atoms with van der Waals surface area (Å²) >= 11 is 0. The van der Waals surface area contributed by atoms with Gasteiger partial charge in [0.05, 0.1) is 0 Å². The van der Waals surface area contributed by atoms with Crippen molar-refractivity contribution in [2.45, 2.75) is 13.5 Å². The molecule has 0 unspecified atom stereocenters. The highest BCUT2D eigenvalue weighted by atomic mass is 19.1. The number of halogens is 1. The third-order valence-electron chi connectivity index (χ3n) is 3.00. The van der Waals surface area contributed by atoms with Gasteiger partial charge in [0.15, 0.2) is 17.4 Å². The number of hydrogen-bond acceptors (Lipinski definition) is 3. The molecule has 0 saturated heterocycles. The summed E-state index contributed by atoms with van der Waals surface area (Å²) in [7, 11) is 1.76. The largest absolute Gasteiger partial charge is 0.483 e. The van der Waals surface area contributed by atoms with Gasteiger partial charge in [0, 0.05) is 23.6 Å². The Hall–Kier alpha value is -2.37. The Kier molecular flexibility index (Phi) is 2.70. The van der Waals surface area contributed by atoms with Crippen LogP contribution in [0.15, 0.2) is 24.5 Å². The summed E-state index contributed by atoms with van der Waals surface area (Å²) in [6.07, 6.45) is 1.44. The summed E-state index contributed by atoms with van der Waals surface area (Å²) in [6.45, 7) is 2.07. The van der Waals surface area contributed by atoms with E-state index in [1.165, 1.54) is 6.33 Å². The second kappa shape index (κ2) is 4.38. The molecule has 98 valence electrons. The number of nitrogens with zero attached hydrogens (tertiary/aromatic N) is 3. The number of rotatable bonds is 3. The van der Waals surface area contributed by atoms with Gasteiger partial charge < -0.3 is 9.72 Å². The lowest BCUT2D eigenvalue weighted by molar-refractivity contribution is 0.277. The Labute approximate surface area is 109 Å². The van der Waals surface area contributed by atoms with Gasteiger partial charge in [-0.3, -0.25) is 4.68 Å². The fraction of sp³-hybridized carbons (Fsp3) is 0.231. The lowest BCUT2D eigenvalue weighted by Crippen LogP contribution is -2.05. The smallest absolute Gasteiger partial charge is 0.174 e. The van der Waals surface area contributed by atoms with Gasteiger partial charge in [-0.25, -0.2) is 9.37 Å². The lowest BCUT2D eigenvalue weighted by atomic mass is 10.2. The molecule has 2 heterocycles. The molecular weight excluding hydrogens is 247 g/mol. The Balaban J connectivity index is 1.89. The average Bonchev–Trinajstić information content (AvgIpc) is 2.95. The van der Waals surface area contributed by atoms with Gasteiger partial charge in [0.25, 0.3) is 0 Å². The zero-order chi connectivity index (χ0) is 13.4. The predicted octanol–water partition coefficient (Wildman–Crippen LogP) is 2.32. The topological polar surface area (TPSA) is 55.7 Å². The minimum Gasteiger partial charge on any atom is -0.483 e. The van der Waals surface area contributed by atoms with Crippen molar-refractivity contribution in [1.29, 1.82) is 0 Å². The van der Waals surface area contributed by atoms with Crippen LogP contribution in [0.2, 0.25) is 0 Å². The molecule has 0 aliphatic carbocycles. The summed E-state index contributed by atoms with van der Waals surface area (Å²) in [5, 5.41) is 4.47. The number of fused-ring (bicyclic) bond motifs is 1. The van der Waals surface area contributed by atoms with Crippen LogP contribution in [-0.4, -0.2) is 19.7 Å². The zero-order valence-electron chi connectivity index (χ0n) is 10.6. The molecule has 3 aromatic rings. The van der Waals surface area contributed by atoms with Crippen LogP contribution in [0.4, 0.5) is 4.39 Å². The Morgan fingerprint density at radius 1 is 1.42 bits per heavy atom. The van der Waals surface area contributed by atoms with Gasteiger partial charge in [-0.1, -0.05) is 0 Å². The van der Waals surface area contributed by atoms with Gasteiger partial charge in [0.1, 0.15) is 12.9 Å². The van der Waals surface area contributed by atoms with E-state index >= 15 is 0 Å². The molecule has 0 radical (unpaired) electrons. The van der Waals surface area contributed by atoms with E-state index in [1.54, 1.807) is 29.9 Å². The van der Waals surface area contributed by atoms with Crippen molar-refractivity contribution in [1.82, 2.24) is 19.7 Å². The minimum absolute atomic E-state index is 0.183. The number of benzene rings is 1. The van der Waals surface area contributed by atoms with E-state index in [0.717, 1.165) is 11.2 Å². The van der Waals surface area contributed by atoms with Crippen molar-refractivity contribution >= 4 is 10.9 Å². The molecule has 0 fully saturated rings. The quantitative estimate of drug-likeness (QED) is 0.786. The first-order valence-electron chi connectivity index (χ1n) is 5.88. The molecule has 6 heteroatoms. The third kappa shape index (κ3) is 2.05. The fourth-order valence-corrected chi connectivity index (χ4v) is 1.99. The zero-order valence-corrected chi connectivity index (χ0v) is 10.6. The normalized spacial score (nSPS) is 11.1. The van der Waals surface area contributed by atoms with E-state index in [9.17, 15) is 4.39 Å². The first-order chi connectivity index (χ1) is 9.15. The molecule has 2 aromatic heterocycles. The van der Waals surface area contributed by atoms with Crippen LogP contribution >= 0.6 is 0 Å². The molecule has 1 N–H and O–H groups in total. The Bertz CT molecular complexity index is 731. The highest BCUT2D eigenvalue weighted by molar-refractivity contribution is 5.82. The monoisotopic (exact) mass is 260 g/mol. The van der Waals surface area contributed by atoms with Crippen LogP contribution in [0.5, 0.6) is 5.75 Å². The average molecular weight is 260 g/mol. The number of aryl methyl sites for hydroxylation is 2. The highest BCUT2D eigenvalue weighted by Crippen LogP contribution is 2.27. The first-order valence-corrected chi connectivity index (χ1v) is 5.88. The number of hydrogen-bond donors (Lipinski definition) is 1. The van der Waals surface area contributed by atoms with Crippen LogP contribution in [0.1, 0.15) is 11.5 Å². The molecule has 0 aliphatic rings. The summed E-state index contributed by atoms with van der Waals surface area (Å²) in [4.78, 5) is 7.11. The van der Waals surface area contributed by atoms with Gasteiger partial charge in [-0.05, 0) is 25.1 Å². The summed E-state index contributed by atoms with van der Waals surface area (Å²) in [6, 6.07) is 5.18. The van der Waals surface area contributed by atoms with Gasteiger partial charge in [-0.2, -0.15) is 5.10 Å². The van der Waals surface area contributed by atoms with Gasteiger partial charge >= 0.3 is 0 Å². The van der Waals surface area contributed by atoms with Crippen molar-refractivity contribution < 1.29 is 9.13 Å². The van der Waals surface area contributed by atoms with Crippen molar-refractivity contribution in [2.24, 2.45) is 7.05 Å². The van der Waals surface area contributed by atoms with Crippen LogP contribution in [-0.2, 0) is 13.7 Å². The number of aromatic amines is 1. The second-order valence-corrected chi connectivity index (χ2v) is 4.38. The van der Waals surface area contributed by atoms with Gasteiger partial charge in [-0.15, -0.1) is 0 Å². The van der Waals surface area contributed by atoms with Crippen molar-refractivity contribution in [3.05, 3.63) is 41.9 Å². The second-order valence-electron chi connectivity index (χ2n) is 4.38. The molecule has 0 saturated carbocycles. The molecule has 0 spiro atoms. The van der Waals surface area contributed by atoms with Crippen LogP contribution in [0.3, 0.4) is 0 Å². The van der Waals surface area contributed by atoms with Crippen molar-refractivity contribution in [2.75, 3.05) is 0 Å². The number of nitrogens with one attached hydrogen (secondary N) is 1. The summed E-state index contributed by atoms with van der Waals surface area (Å²) in [5.41, 5.74) is 1.68. The third-order valence-corrected chi connectivity index (χ3v) is 3.00. The van der Waals surface area contributed by atoms with E-state index in [2.05, 4.69) is 15.1 Å². The number of ether oxygens (including phenoxy) is 1. The van der Waals surface area contributed by atoms with E-state index in [1.807, 2.05) is 6.92 Å². The molecule has 3 rings (SSSR count). The van der Waals surface area contributed by atoms with Crippen molar-refractivity contribution in [3.63, 3.8) is 0 Å². The number of aromatic nitrogens is 4. The number of H-pyrrole nitrogens is 1. The summed E-state index contributed by atoms with van der Waals surface area (Å²) in [5.74, 6) is 0.503. The lowest BCUT2D eigenvalue weighted by Gasteiger charge is -2.07. The SMILES string of the molecule is Cc1cc2c(F)c(OCc3ncnn3C)ccc2[nH]1. The molecule has 19 heavy (non-hydrogen) atoms. The maximum atomic E-state index is 14.2. The Morgan fingerprint density at radius 2 is 2.26 bits per heavy atom. The van der Waals surface area contributed by atoms with E-state index in [0.29, 0.717) is 11.2 Å². The molecule has 1 aromatic carbocycles. The maximum absolute atomic E-state index is 14.2. The fourth-order valence-electron chi connectivity index (χ4n) is 1.99. The minimum atomic E-state index is -0.357. The standard InChI is InChI=1S/C13H13FN4O/c1-8-5-9-10(17-8)3-4-11(13(9)14)19-6-12-15-7-16-18(12)2/h3-5,7,17H,6H2,1-2H3. The van der Waals surface area contributed by atoms with Crippen LogP contribution < -0.4 is 4.74 Å². The molecule has 5 nitrogen and oxygen atoms in total. The van der Waals surface area contributed by atoms with Crippen LogP contribution in [0, 0.1) is 12.7 Å². The van der Waals surface area contributed by atoms with E-state index < -0.39 is 0 Å². The predicted molar refractivity (Wildman–Crippen MR) is 68.3 cm³/mol. The Morgan fingerprint density at radius 3 is 3.00 bits per heavy atom. The maximum Gasteiger partial charge on any atom is 0.174 e.